The van der Waals surface area contributed by atoms with Gasteiger partial charge in [0.15, 0.2) is 0 Å². The Labute approximate surface area is 155 Å². The van der Waals surface area contributed by atoms with Gasteiger partial charge in [-0.05, 0) is 35.4 Å². The second-order valence-electron chi connectivity index (χ2n) is 5.52. The third-order valence-electron chi connectivity index (χ3n) is 3.94. The van der Waals surface area contributed by atoms with Crippen molar-refractivity contribution in [3.8, 4) is 16.8 Å². The van der Waals surface area contributed by atoms with Crippen molar-refractivity contribution in [1.82, 2.24) is 19.7 Å². The summed E-state index contributed by atoms with van der Waals surface area (Å²) in [5.74, 6) is -1.08. The second kappa shape index (κ2) is 6.97. The van der Waals surface area contributed by atoms with E-state index in [2.05, 4.69) is 15.2 Å². The number of benzene rings is 2. The third kappa shape index (κ3) is 3.36. The van der Waals surface area contributed by atoms with E-state index < -0.39 is 5.97 Å². The zero-order valence-electron chi connectivity index (χ0n) is 13.6. The first-order chi connectivity index (χ1) is 11.7. The number of nitrogens with zero attached hydrogens (tertiary/aromatic N) is 3. The summed E-state index contributed by atoms with van der Waals surface area (Å²) in [6.45, 7) is 0. The summed E-state index contributed by atoms with van der Waals surface area (Å²) < 4.78 is 1.97. The zero-order chi connectivity index (χ0) is 16.5. The van der Waals surface area contributed by atoms with E-state index in [0.29, 0.717) is 5.56 Å². The van der Waals surface area contributed by atoms with Gasteiger partial charge in [0, 0.05) is 29.8 Å². The summed E-state index contributed by atoms with van der Waals surface area (Å²) in [6.07, 6.45) is 5.29. The van der Waals surface area contributed by atoms with Gasteiger partial charge in [0.1, 0.15) is 6.33 Å². The van der Waals surface area contributed by atoms with Crippen molar-refractivity contribution in [1.29, 1.82) is 0 Å². The van der Waals surface area contributed by atoms with Gasteiger partial charge in [-0.1, -0.05) is 18.2 Å². The van der Waals surface area contributed by atoms with Crippen molar-refractivity contribution >= 4 is 17.0 Å². The number of aromatic amines is 1. The van der Waals surface area contributed by atoms with E-state index in [1.54, 1.807) is 24.7 Å². The number of imidazole rings is 1. The van der Waals surface area contributed by atoms with E-state index >= 15 is 0 Å². The number of hydrogen-bond acceptors (Lipinski definition) is 4. The molecule has 0 bridgehead atoms. The van der Waals surface area contributed by atoms with Gasteiger partial charge in [-0.3, -0.25) is 9.67 Å². The second-order valence-corrected chi connectivity index (χ2v) is 5.52. The van der Waals surface area contributed by atoms with Gasteiger partial charge in [-0.25, -0.2) is 4.98 Å². The maximum Gasteiger partial charge on any atom is 1.00 e. The first kappa shape index (κ1) is 17.0. The molecule has 6 nitrogen and oxygen atoms in total. The van der Waals surface area contributed by atoms with Gasteiger partial charge in [-0.2, -0.15) is 5.10 Å². The number of rotatable bonds is 4. The molecule has 0 fully saturated rings. The predicted octanol–water partition coefficient (Wildman–Crippen LogP) is -1.29. The zero-order valence-corrected chi connectivity index (χ0v) is 13.6. The van der Waals surface area contributed by atoms with Crippen molar-refractivity contribution in [2.75, 3.05) is 0 Å². The van der Waals surface area contributed by atoms with Crippen LogP contribution in [0.15, 0.2) is 61.2 Å². The van der Waals surface area contributed by atoms with Crippen molar-refractivity contribution in [2.24, 2.45) is 0 Å². The van der Waals surface area contributed by atoms with E-state index in [1.165, 1.54) is 0 Å². The molecule has 2 aromatic carbocycles. The summed E-state index contributed by atoms with van der Waals surface area (Å²) in [7, 11) is 0. The van der Waals surface area contributed by atoms with E-state index in [-0.39, 0.29) is 25.3 Å². The van der Waals surface area contributed by atoms with Crippen LogP contribution in [-0.4, -0.2) is 25.7 Å². The monoisotopic (exact) mass is 324 g/mol. The molecule has 25 heavy (non-hydrogen) atoms. The molecule has 0 saturated carbocycles. The minimum absolute atomic E-state index is 0. The topological polar surface area (TPSA) is 86.6 Å². The largest absolute Gasteiger partial charge is 1.00 e. The van der Waals surface area contributed by atoms with Gasteiger partial charge >= 0.3 is 18.9 Å². The van der Waals surface area contributed by atoms with Crippen LogP contribution in [0.3, 0.4) is 0 Å². The maximum atomic E-state index is 10.7. The third-order valence-corrected chi connectivity index (χ3v) is 3.94. The van der Waals surface area contributed by atoms with Gasteiger partial charge in [0.05, 0.1) is 17.2 Å². The van der Waals surface area contributed by atoms with Crippen LogP contribution in [0.2, 0.25) is 0 Å². The Balaban J connectivity index is 0.00000182. The number of H-pyrrole nitrogens is 1. The van der Waals surface area contributed by atoms with Crippen LogP contribution in [0.4, 0.5) is 0 Å². The summed E-state index contributed by atoms with van der Waals surface area (Å²) in [5, 5.41) is 17.4. The molecule has 0 saturated heterocycles. The Hall–Kier alpha value is -2.81. The predicted molar refractivity (Wildman–Crippen MR) is 87.4 cm³/mol. The Morgan fingerprint density at radius 1 is 1.12 bits per heavy atom. The van der Waals surface area contributed by atoms with Gasteiger partial charge in [0.2, 0.25) is 0 Å². The van der Waals surface area contributed by atoms with Crippen LogP contribution >= 0.6 is 0 Å². The average molecular weight is 324 g/mol. The standard InChI is InChI=1S/C18H14N4O2.Li/c23-18(24)7-12-1-4-15(5-2-12)22-11-19-16-8-13(3-6-17(16)22)14-9-20-21-10-14;/h1-6,8-11H,7H2,(H,20,21)(H,23,24);/q;+1/p-1. The Morgan fingerprint density at radius 2 is 1.92 bits per heavy atom. The Kier molecular flexibility index (Phi) is 4.75. The van der Waals surface area contributed by atoms with Gasteiger partial charge in [0.25, 0.3) is 0 Å². The van der Waals surface area contributed by atoms with Gasteiger partial charge < -0.3 is 9.90 Å². The first-order valence-corrected chi connectivity index (χ1v) is 7.46. The van der Waals surface area contributed by atoms with E-state index in [4.69, 9.17) is 0 Å². The molecule has 2 heterocycles. The van der Waals surface area contributed by atoms with Gasteiger partial charge in [-0.15, -0.1) is 0 Å². The molecule has 118 valence electrons. The quantitative estimate of drug-likeness (QED) is 0.473. The van der Waals surface area contributed by atoms with Crippen LogP contribution in [-0.2, 0) is 11.2 Å². The maximum absolute atomic E-state index is 10.7. The molecule has 2 aromatic heterocycles. The number of hydrogen-bond donors (Lipinski definition) is 1. The number of fused-ring (bicyclic) bond motifs is 1. The number of carbonyl (C=O) groups is 1. The molecule has 0 atom stereocenters. The molecule has 0 radical (unpaired) electrons. The molecule has 7 heteroatoms. The van der Waals surface area contributed by atoms with E-state index in [1.807, 2.05) is 41.1 Å². The van der Waals surface area contributed by atoms with Crippen molar-refractivity contribution in [3.63, 3.8) is 0 Å². The van der Waals surface area contributed by atoms with E-state index in [0.717, 1.165) is 27.8 Å². The summed E-state index contributed by atoms with van der Waals surface area (Å²) in [5.41, 5.74) is 5.56. The minimum Gasteiger partial charge on any atom is -0.550 e. The number of nitrogens with one attached hydrogen (secondary N) is 1. The minimum atomic E-state index is -1.08. The number of aliphatic carboxylic acids is 1. The van der Waals surface area contributed by atoms with Crippen LogP contribution in [0.5, 0.6) is 0 Å². The number of carbonyl (C=O) groups excluding carboxylic acids is 1. The number of carboxylic acids is 1. The molecule has 4 rings (SSSR count). The van der Waals surface area contributed by atoms with Crippen LogP contribution < -0.4 is 24.0 Å². The molecular formula is C18H13LiN4O2. The summed E-state index contributed by atoms with van der Waals surface area (Å²) >= 11 is 0. The fourth-order valence-electron chi connectivity index (χ4n) is 2.75. The molecule has 0 amide bonds. The molecule has 4 aromatic rings. The number of carboxylic acid groups (broad SMARTS) is 1. The average Bonchev–Trinajstić information content (AvgIpc) is 3.24. The Bertz CT molecular complexity index is 1010. The molecule has 0 aliphatic carbocycles. The smallest absolute Gasteiger partial charge is 0.550 e. The summed E-state index contributed by atoms with van der Waals surface area (Å²) in [4.78, 5) is 15.1. The normalized spacial score (nSPS) is 10.6. The molecular weight excluding hydrogens is 311 g/mol. The molecule has 0 aliphatic heterocycles. The van der Waals surface area contributed by atoms with Crippen molar-refractivity contribution < 1.29 is 28.8 Å². The van der Waals surface area contributed by atoms with Crippen LogP contribution in [0, 0.1) is 0 Å². The summed E-state index contributed by atoms with van der Waals surface area (Å²) in [6, 6.07) is 13.4. The van der Waals surface area contributed by atoms with Crippen LogP contribution in [0.25, 0.3) is 27.8 Å². The van der Waals surface area contributed by atoms with Crippen LogP contribution in [0.1, 0.15) is 5.56 Å². The molecule has 1 N–H and O–H groups in total. The molecule has 0 spiro atoms. The van der Waals surface area contributed by atoms with Crippen molar-refractivity contribution in [2.45, 2.75) is 6.42 Å². The Morgan fingerprint density at radius 3 is 2.60 bits per heavy atom. The molecule has 0 unspecified atom stereocenters. The fraction of sp³-hybridized carbons (Fsp3) is 0.0556. The molecule has 0 aliphatic rings. The van der Waals surface area contributed by atoms with E-state index in [9.17, 15) is 9.90 Å². The SMILES string of the molecule is O=C([O-])Cc1ccc(-n2cnc3cc(-c4cn[nH]c4)ccc32)cc1.[Li+]. The fourth-order valence-corrected chi connectivity index (χ4v) is 2.75. The number of aromatic nitrogens is 4. The van der Waals surface area contributed by atoms with Crippen molar-refractivity contribution in [3.05, 3.63) is 66.7 Å². The first-order valence-electron chi connectivity index (χ1n) is 7.46.